The van der Waals surface area contributed by atoms with Gasteiger partial charge in [0.15, 0.2) is 0 Å². The van der Waals surface area contributed by atoms with Crippen LogP contribution in [-0.4, -0.2) is 33.8 Å². The van der Waals surface area contributed by atoms with Gasteiger partial charge in [0.05, 0.1) is 12.2 Å². The molecular formula is C19H19FN4O2. The Morgan fingerprint density at radius 1 is 1.19 bits per heavy atom. The lowest BCUT2D eigenvalue weighted by molar-refractivity contribution is 0.0936. The second kappa shape index (κ2) is 7.77. The van der Waals surface area contributed by atoms with Crippen molar-refractivity contribution in [3.63, 3.8) is 0 Å². The number of halogens is 1. The molecule has 1 N–H and O–H groups in total. The summed E-state index contributed by atoms with van der Waals surface area (Å²) in [7, 11) is 0. The highest BCUT2D eigenvalue weighted by Crippen LogP contribution is 2.12. The monoisotopic (exact) mass is 354 g/mol. The minimum Gasteiger partial charge on any atom is -0.492 e. The summed E-state index contributed by atoms with van der Waals surface area (Å²) < 4.78 is 20.1. The van der Waals surface area contributed by atoms with E-state index in [-0.39, 0.29) is 17.5 Å². The summed E-state index contributed by atoms with van der Waals surface area (Å²) in [5, 5.41) is 6.91. The quantitative estimate of drug-likeness (QED) is 0.691. The minimum atomic E-state index is -0.387. The maximum atomic E-state index is 13.0. The predicted molar refractivity (Wildman–Crippen MR) is 95.1 cm³/mol. The van der Waals surface area contributed by atoms with Crippen molar-refractivity contribution in [2.45, 2.75) is 13.8 Å². The van der Waals surface area contributed by atoms with E-state index in [2.05, 4.69) is 15.4 Å². The molecule has 0 aliphatic heterocycles. The highest BCUT2D eigenvalue weighted by molar-refractivity contribution is 5.90. The molecule has 1 heterocycles. The molecule has 2 aromatic carbocycles. The molecule has 3 rings (SSSR count). The maximum absolute atomic E-state index is 13.0. The number of aromatic nitrogens is 3. The van der Waals surface area contributed by atoms with E-state index in [9.17, 15) is 9.18 Å². The number of nitrogens with zero attached hydrogens (tertiary/aromatic N) is 3. The normalized spacial score (nSPS) is 10.6. The summed E-state index contributed by atoms with van der Waals surface area (Å²) in [6.07, 6.45) is 0. The van der Waals surface area contributed by atoms with E-state index in [4.69, 9.17) is 4.74 Å². The molecule has 0 saturated heterocycles. The maximum Gasteiger partial charge on any atom is 0.291 e. The predicted octanol–water partition coefficient (Wildman–Crippen LogP) is 2.83. The van der Waals surface area contributed by atoms with Gasteiger partial charge in [-0.2, -0.15) is 0 Å². The zero-order valence-corrected chi connectivity index (χ0v) is 14.6. The number of benzene rings is 2. The number of rotatable bonds is 6. The molecule has 7 heteroatoms. The molecule has 26 heavy (non-hydrogen) atoms. The molecule has 0 unspecified atom stereocenters. The Morgan fingerprint density at radius 3 is 2.69 bits per heavy atom. The van der Waals surface area contributed by atoms with Gasteiger partial charge in [-0.05, 0) is 55.8 Å². The van der Waals surface area contributed by atoms with Crippen molar-refractivity contribution < 1.29 is 13.9 Å². The molecule has 0 radical (unpaired) electrons. The SMILES string of the molecule is Cc1cccc(OCCNC(=O)c2nc(C)n(-c3ccc(F)cc3)n2)c1. The first-order valence-corrected chi connectivity index (χ1v) is 8.20. The van der Waals surface area contributed by atoms with E-state index in [0.717, 1.165) is 11.3 Å². The van der Waals surface area contributed by atoms with Crippen LogP contribution in [0.25, 0.3) is 5.69 Å². The van der Waals surface area contributed by atoms with Crippen LogP contribution in [0, 0.1) is 19.7 Å². The summed E-state index contributed by atoms with van der Waals surface area (Å²) >= 11 is 0. The van der Waals surface area contributed by atoms with Crippen molar-refractivity contribution in [3.8, 4) is 11.4 Å². The number of aryl methyl sites for hydroxylation is 2. The summed E-state index contributed by atoms with van der Waals surface area (Å²) in [5.74, 6) is 0.633. The van der Waals surface area contributed by atoms with Gasteiger partial charge in [0, 0.05) is 0 Å². The second-order valence-corrected chi connectivity index (χ2v) is 5.79. The van der Waals surface area contributed by atoms with Crippen molar-refractivity contribution in [3.05, 3.63) is 71.6 Å². The zero-order valence-electron chi connectivity index (χ0n) is 14.6. The Bertz CT molecular complexity index is 906. The van der Waals surface area contributed by atoms with E-state index in [0.29, 0.717) is 24.7 Å². The molecule has 134 valence electrons. The first-order chi connectivity index (χ1) is 12.5. The summed E-state index contributed by atoms with van der Waals surface area (Å²) in [4.78, 5) is 16.4. The zero-order chi connectivity index (χ0) is 18.5. The fourth-order valence-corrected chi connectivity index (χ4v) is 2.43. The number of hydrogen-bond acceptors (Lipinski definition) is 4. The lowest BCUT2D eigenvalue weighted by Gasteiger charge is -2.07. The third kappa shape index (κ3) is 4.24. The molecule has 0 spiro atoms. The minimum absolute atomic E-state index is 0.0578. The van der Waals surface area contributed by atoms with Crippen LogP contribution < -0.4 is 10.1 Å². The van der Waals surface area contributed by atoms with Gasteiger partial charge in [-0.15, -0.1) is 5.10 Å². The topological polar surface area (TPSA) is 69.0 Å². The summed E-state index contributed by atoms with van der Waals surface area (Å²) in [5.41, 5.74) is 1.75. The lowest BCUT2D eigenvalue weighted by atomic mass is 10.2. The first kappa shape index (κ1) is 17.6. The Labute approximate surface area is 150 Å². The van der Waals surface area contributed by atoms with Crippen LogP contribution in [0.5, 0.6) is 5.75 Å². The number of amides is 1. The van der Waals surface area contributed by atoms with Crippen molar-refractivity contribution in [2.75, 3.05) is 13.2 Å². The van der Waals surface area contributed by atoms with Crippen LogP contribution in [0.1, 0.15) is 22.0 Å². The second-order valence-electron chi connectivity index (χ2n) is 5.79. The smallest absolute Gasteiger partial charge is 0.291 e. The van der Waals surface area contributed by atoms with Crippen molar-refractivity contribution >= 4 is 5.91 Å². The van der Waals surface area contributed by atoms with Gasteiger partial charge < -0.3 is 10.1 Å². The molecule has 1 aromatic heterocycles. The van der Waals surface area contributed by atoms with Crippen LogP contribution in [0.4, 0.5) is 4.39 Å². The molecule has 0 saturated carbocycles. The number of ether oxygens (including phenoxy) is 1. The fourth-order valence-electron chi connectivity index (χ4n) is 2.43. The highest BCUT2D eigenvalue weighted by atomic mass is 19.1. The molecule has 0 aliphatic carbocycles. The first-order valence-electron chi connectivity index (χ1n) is 8.20. The Kier molecular flexibility index (Phi) is 5.26. The molecule has 0 fully saturated rings. The number of hydrogen-bond donors (Lipinski definition) is 1. The van der Waals surface area contributed by atoms with Crippen LogP contribution in [0.15, 0.2) is 48.5 Å². The number of nitrogens with one attached hydrogen (secondary N) is 1. The van der Waals surface area contributed by atoms with Crippen molar-refractivity contribution in [2.24, 2.45) is 0 Å². The highest BCUT2D eigenvalue weighted by Gasteiger charge is 2.14. The van der Waals surface area contributed by atoms with Gasteiger partial charge in [0.2, 0.25) is 5.82 Å². The van der Waals surface area contributed by atoms with Gasteiger partial charge in [-0.25, -0.2) is 14.1 Å². The molecule has 6 nitrogen and oxygen atoms in total. The molecule has 0 atom stereocenters. The van der Waals surface area contributed by atoms with Crippen molar-refractivity contribution in [1.29, 1.82) is 0 Å². The van der Waals surface area contributed by atoms with Gasteiger partial charge in [0.1, 0.15) is 24.0 Å². The third-order valence-electron chi connectivity index (χ3n) is 3.69. The molecule has 1 amide bonds. The van der Waals surface area contributed by atoms with Crippen LogP contribution in [0.3, 0.4) is 0 Å². The average molecular weight is 354 g/mol. The van der Waals surface area contributed by atoms with E-state index >= 15 is 0 Å². The van der Waals surface area contributed by atoms with Gasteiger partial charge in [0.25, 0.3) is 5.91 Å². The fraction of sp³-hybridized carbons (Fsp3) is 0.211. The van der Waals surface area contributed by atoms with E-state index < -0.39 is 0 Å². The van der Waals surface area contributed by atoms with Gasteiger partial charge >= 0.3 is 0 Å². The number of carbonyl (C=O) groups is 1. The molecule has 0 aliphatic rings. The molecule has 3 aromatic rings. The van der Waals surface area contributed by atoms with Crippen LogP contribution in [0.2, 0.25) is 0 Å². The van der Waals surface area contributed by atoms with Crippen LogP contribution in [-0.2, 0) is 0 Å². The Balaban J connectivity index is 1.56. The standard InChI is InChI=1S/C19H19FN4O2/c1-13-4-3-5-17(12-13)26-11-10-21-19(25)18-22-14(2)24(23-18)16-8-6-15(20)7-9-16/h3-9,12H,10-11H2,1-2H3,(H,21,25). The molecular weight excluding hydrogens is 335 g/mol. The van der Waals surface area contributed by atoms with Gasteiger partial charge in [-0.3, -0.25) is 4.79 Å². The largest absolute Gasteiger partial charge is 0.492 e. The molecule has 0 bridgehead atoms. The van der Waals surface area contributed by atoms with E-state index in [1.54, 1.807) is 19.1 Å². The van der Waals surface area contributed by atoms with Gasteiger partial charge in [-0.1, -0.05) is 12.1 Å². The lowest BCUT2D eigenvalue weighted by Crippen LogP contribution is -2.29. The van der Waals surface area contributed by atoms with Crippen molar-refractivity contribution in [1.82, 2.24) is 20.1 Å². The van der Waals surface area contributed by atoms with E-state index in [1.807, 2.05) is 31.2 Å². The summed E-state index contributed by atoms with van der Waals surface area (Å²) in [6.45, 7) is 4.39. The summed E-state index contributed by atoms with van der Waals surface area (Å²) in [6, 6.07) is 13.5. The Morgan fingerprint density at radius 2 is 1.96 bits per heavy atom. The Hall–Kier alpha value is -3.22. The van der Waals surface area contributed by atoms with Crippen LogP contribution >= 0.6 is 0 Å². The third-order valence-corrected chi connectivity index (χ3v) is 3.69. The van der Waals surface area contributed by atoms with E-state index in [1.165, 1.54) is 16.8 Å². The average Bonchev–Trinajstić information content (AvgIpc) is 3.01. The number of carbonyl (C=O) groups excluding carboxylic acids is 1.